The van der Waals surface area contributed by atoms with Crippen molar-refractivity contribution in [2.45, 2.75) is 142 Å². The summed E-state index contributed by atoms with van der Waals surface area (Å²) in [7, 11) is 0. The summed E-state index contributed by atoms with van der Waals surface area (Å²) in [5, 5.41) is 2.30. The fourth-order valence-corrected chi connectivity index (χ4v) is 5.01. The summed E-state index contributed by atoms with van der Waals surface area (Å²) >= 11 is 0. The van der Waals surface area contributed by atoms with Gasteiger partial charge in [0.05, 0.1) is 12.3 Å². The molecule has 0 amide bonds. The molecule has 1 aliphatic heterocycles. The molecule has 1 aromatic rings. The molecule has 0 aromatic heterocycles. The summed E-state index contributed by atoms with van der Waals surface area (Å²) in [6.07, 6.45) is 31.6. The molecule has 3 heteroatoms. The standard InChI is InChI=1S/C32H56N2O/c1-3-5-7-9-11-13-15-17-19-21-27-34-32-24-23-31(29-30(32)25-26-33-34)35-28-22-20-18-16-14-12-10-8-6-4-2/h23-26,29,33H,3-22,27-28H2,1-2H3. The fourth-order valence-electron chi connectivity index (χ4n) is 5.01. The lowest BCUT2D eigenvalue weighted by molar-refractivity contribution is 0.304. The van der Waals surface area contributed by atoms with Crippen molar-refractivity contribution in [3.8, 4) is 5.75 Å². The highest BCUT2D eigenvalue weighted by molar-refractivity contribution is 5.71. The summed E-state index contributed by atoms with van der Waals surface area (Å²) in [4.78, 5) is 0. The minimum absolute atomic E-state index is 0.833. The average molecular weight is 485 g/mol. The van der Waals surface area contributed by atoms with E-state index >= 15 is 0 Å². The van der Waals surface area contributed by atoms with Crippen molar-refractivity contribution in [3.05, 3.63) is 30.0 Å². The molecule has 0 unspecified atom stereocenters. The Labute approximate surface area is 218 Å². The molecule has 0 saturated carbocycles. The van der Waals surface area contributed by atoms with Gasteiger partial charge in [0.25, 0.3) is 0 Å². The van der Waals surface area contributed by atoms with Crippen molar-refractivity contribution in [3.63, 3.8) is 0 Å². The van der Waals surface area contributed by atoms with Gasteiger partial charge in [-0.05, 0) is 37.1 Å². The molecule has 1 aromatic carbocycles. The van der Waals surface area contributed by atoms with Gasteiger partial charge in [0.15, 0.2) is 0 Å². The quantitative estimate of drug-likeness (QED) is 0.156. The van der Waals surface area contributed by atoms with Crippen molar-refractivity contribution in [2.75, 3.05) is 18.2 Å². The lowest BCUT2D eigenvalue weighted by Gasteiger charge is -2.29. The summed E-state index contributed by atoms with van der Waals surface area (Å²) in [6.45, 7) is 6.47. The third kappa shape index (κ3) is 13.9. The number of hydrazine groups is 1. The minimum atomic E-state index is 0.833. The van der Waals surface area contributed by atoms with E-state index in [4.69, 9.17) is 4.74 Å². The Morgan fingerprint density at radius 3 is 1.71 bits per heavy atom. The number of nitrogens with one attached hydrogen (secondary N) is 1. The second kappa shape index (κ2) is 20.5. The van der Waals surface area contributed by atoms with E-state index in [1.54, 1.807) is 0 Å². The Morgan fingerprint density at radius 1 is 0.629 bits per heavy atom. The first-order valence-corrected chi connectivity index (χ1v) is 15.3. The van der Waals surface area contributed by atoms with Gasteiger partial charge in [-0.2, -0.15) is 0 Å². The normalized spacial score (nSPS) is 12.6. The molecule has 0 bridgehead atoms. The molecule has 0 spiro atoms. The van der Waals surface area contributed by atoms with Gasteiger partial charge in [-0.25, -0.2) is 0 Å². The van der Waals surface area contributed by atoms with Gasteiger partial charge >= 0.3 is 0 Å². The van der Waals surface area contributed by atoms with Crippen LogP contribution in [0.5, 0.6) is 5.75 Å². The molecule has 1 N–H and O–H groups in total. The van der Waals surface area contributed by atoms with Crippen LogP contribution in [0.3, 0.4) is 0 Å². The van der Waals surface area contributed by atoms with Crippen LogP contribution in [-0.2, 0) is 0 Å². The van der Waals surface area contributed by atoms with Gasteiger partial charge in [-0.1, -0.05) is 129 Å². The van der Waals surface area contributed by atoms with Crippen LogP contribution in [0.15, 0.2) is 24.4 Å². The summed E-state index contributed by atoms with van der Waals surface area (Å²) in [6, 6.07) is 6.56. The van der Waals surface area contributed by atoms with Crippen LogP contribution >= 0.6 is 0 Å². The molecule has 0 fully saturated rings. The Kier molecular flexibility index (Phi) is 17.4. The van der Waals surface area contributed by atoms with Gasteiger partial charge in [0.1, 0.15) is 5.75 Å². The maximum atomic E-state index is 6.07. The van der Waals surface area contributed by atoms with Crippen molar-refractivity contribution < 1.29 is 4.74 Å². The van der Waals surface area contributed by atoms with E-state index in [-0.39, 0.29) is 0 Å². The van der Waals surface area contributed by atoms with Crippen molar-refractivity contribution >= 4 is 11.8 Å². The molecule has 1 heterocycles. The second-order valence-electron chi connectivity index (χ2n) is 10.5. The van der Waals surface area contributed by atoms with E-state index in [2.05, 4.69) is 54.8 Å². The molecule has 0 aliphatic carbocycles. The highest BCUT2D eigenvalue weighted by Gasteiger charge is 2.13. The second-order valence-corrected chi connectivity index (χ2v) is 10.5. The zero-order valence-corrected chi connectivity index (χ0v) is 23.3. The number of unbranched alkanes of at least 4 members (excludes halogenated alkanes) is 18. The Bertz CT molecular complexity index is 657. The predicted molar refractivity (Wildman–Crippen MR) is 155 cm³/mol. The molecule has 0 atom stereocenters. The third-order valence-electron chi connectivity index (χ3n) is 7.28. The highest BCUT2D eigenvalue weighted by Crippen LogP contribution is 2.28. The van der Waals surface area contributed by atoms with Crippen LogP contribution in [0.2, 0.25) is 0 Å². The monoisotopic (exact) mass is 484 g/mol. The molecular formula is C32H56N2O. The number of nitrogens with zero attached hydrogens (tertiary/aromatic N) is 1. The zero-order chi connectivity index (χ0) is 24.8. The van der Waals surface area contributed by atoms with Gasteiger partial charge in [-0.3, -0.25) is 5.01 Å². The first-order chi connectivity index (χ1) is 17.3. The van der Waals surface area contributed by atoms with Gasteiger partial charge in [0.2, 0.25) is 0 Å². The molecule has 35 heavy (non-hydrogen) atoms. The number of hydrogen-bond acceptors (Lipinski definition) is 3. The highest BCUT2D eigenvalue weighted by atomic mass is 16.5. The van der Waals surface area contributed by atoms with Crippen LogP contribution in [0, 0.1) is 0 Å². The summed E-state index contributed by atoms with van der Waals surface area (Å²) < 4.78 is 6.07. The predicted octanol–water partition coefficient (Wildman–Crippen LogP) is 10.2. The Morgan fingerprint density at radius 2 is 1.14 bits per heavy atom. The molecule has 1 aliphatic rings. The van der Waals surface area contributed by atoms with Crippen LogP contribution in [0.1, 0.15) is 148 Å². The maximum Gasteiger partial charge on any atom is 0.120 e. The van der Waals surface area contributed by atoms with Crippen LogP contribution in [0.25, 0.3) is 6.08 Å². The van der Waals surface area contributed by atoms with Gasteiger partial charge < -0.3 is 10.2 Å². The van der Waals surface area contributed by atoms with E-state index < -0.39 is 0 Å². The van der Waals surface area contributed by atoms with E-state index in [9.17, 15) is 0 Å². The Balaban J connectivity index is 1.53. The minimum Gasteiger partial charge on any atom is -0.494 e. The number of ether oxygens (including phenoxy) is 1. The van der Waals surface area contributed by atoms with E-state index in [0.717, 1.165) is 25.3 Å². The molecule has 2 rings (SSSR count). The SMILES string of the molecule is CCCCCCCCCCCCOc1ccc2c(c1)C=CNN2CCCCCCCCCCCC. The van der Waals surface area contributed by atoms with Crippen LogP contribution in [0.4, 0.5) is 5.69 Å². The van der Waals surface area contributed by atoms with Crippen molar-refractivity contribution in [1.82, 2.24) is 5.43 Å². The lowest BCUT2D eigenvalue weighted by atomic mass is 10.1. The van der Waals surface area contributed by atoms with Crippen molar-refractivity contribution in [2.24, 2.45) is 0 Å². The largest absolute Gasteiger partial charge is 0.494 e. The Hall–Kier alpha value is -1.64. The summed E-state index contributed by atoms with van der Waals surface area (Å²) in [5.41, 5.74) is 5.96. The van der Waals surface area contributed by atoms with E-state index in [1.165, 1.54) is 133 Å². The number of anilines is 1. The van der Waals surface area contributed by atoms with E-state index in [1.807, 2.05) is 0 Å². The molecule has 0 radical (unpaired) electrons. The number of benzene rings is 1. The lowest BCUT2D eigenvalue weighted by Crippen LogP contribution is -2.37. The smallest absolute Gasteiger partial charge is 0.120 e. The third-order valence-corrected chi connectivity index (χ3v) is 7.28. The van der Waals surface area contributed by atoms with Crippen molar-refractivity contribution in [1.29, 1.82) is 0 Å². The van der Waals surface area contributed by atoms with Gasteiger partial charge in [0, 0.05) is 18.3 Å². The number of fused-ring (bicyclic) bond motifs is 1. The first-order valence-electron chi connectivity index (χ1n) is 15.3. The van der Waals surface area contributed by atoms with Crippen LogP contribution in [-0.4, -0.2) is 13.2 Å². The molecule has 0 saturated heterocycles. The van der Waals surface area contributed by atoms with Gasteiger partial charge in [-0.15, -0.1) is 0 Å². The number of rotatable bonds is 23. The molecule has 200 valence electrons. The average Bonchev–Trinajstić information content (AvgIpc) is 2.88. The maximum absolute atomic E-state index is 6.07. The van der Waals surface area contributed by atoms with Crippen LogP contribution < -0.4 is 15.2 Å². The molecule has 3 nitrogen and oxygen atoms in total. The molecular weight excluding hydrogens is 428 g/mol. The zero-order valence-electron chi connectivity index (χ0n) is 23.3. The number of hydrogen-bond donors (Lipinski definition) is 1. The van der Waals surface area contributed by atoms with E-state index in [0.29, 0.717) is 0 Å². The topological polar surface area (TPSA) is 24.5 Å². The fraction of sp³-hybridized carbons (Fsp3) is 0.750. The first kappa shape index (κ1) is 29.6. The summed E-state index contributed by atoms with van der Waals surface area (Å²) in [5.74, 6) is 1.00.